The molecule has 1 N–H and O–H groups in total. The van der Waals surface area contributed by atoms with Gasteiger partial charge in [-0.05, 0) is 50.9 Å². The first kappa shape index (κ1) is 21.0. The summed E-state index contributed by atoms with van der Waals surface area (Å²) in [6, 6.07) is 8.81. The number of piperazine rings is 1. The molecule has 0 saturated carbocycles. The largest absolute Gasteiger partial charge is 0.494 e. The van der Waals surface area contributed by atoms with Gasteiger partial charge in [0, 0.05) is 44.7 Å². The summed E-state index contributed by atoms with van der Waals surface area (Å²) in [5.74, 6) is 1.51. The van der Waals surface area contributed by atoms with Crippen LogP contribution in [0.3, 0.4) is 0 Å². The maximum atomic E-state index is 12.7. The van der Waals surface area contributed by atoms with E-state index in [0.717, 1.165) is 57.9 Å². The number of ether oxygens (including phenoxy) is 1. The molecule has 26 heavy (non-hydrogen) atoms. The molecule has 1 aromatic rings. The minimum absolute atomic E-state index is 0. The number of hydrogen-bond donors (Lipinski definition) is 1. The lowest BCUT2D eigenvalue weighted by atomic mass is 9.92. The van der Waals surface area contributed by atoms with Gasteiger partial charge in [-0.3, -0.25) is 9.69 Å². The van der Waals surface area contributed by atoms with Crippen molar-refractivity contribution in [3.8, 4) is 5.75 Å². The summed E-state index contributed by atoms with van der Waals surface area (Å²) in [6.07, 6.45) is 1.96. The maximum absolute atomic E-state index is 12.7. The SMILES string of the molecule is CCOc1ccc(CN2CCN(C(=O)[C@H]3CCN[C@@H](C)C3)CC2)cc1.Cl. The highest BCUT2D eigenvalue weighted by Crippen LogP contribution is 2.20. The fraction of sp³-hybridized carbons (Fsp3) is 0.650. The molecular formula is C20H32ClN3O2. The Kier molecular flexibility index (Phi) is 8.19. The first-order chi connectivity index (χ1) is 12.2. The molecule has 0 aromatic heterocycles. The third-order valence-electron chi connectivity index (χ3n) is 5.30. The van der Waals surface area contributed by atoms with E-state index in [9.17, 15) is 4.79 Å². The predicted molar refractivity (Wildman–Crippen MR) is 107 cm³/mol. The molecule has 2 saturated heterocycles. The van der Waals surface area contributed by atoms with Gasteiger partial charge in [-0.1, -0.05) is 12.1 Å². The van der Waals surface area contributed by atoms with Crippen LogP contribution in [-0.4, -0.2) is 61.1 Å². The molecule has 2 heterocycles. The molecule has 0 unspecified atom stereocenters. The smallest absolute Gasteiger partial charge is 0.225 e. The normalized spacial score (nSPS) is 24.0. The molecule has 2 atom stereocenters. The van der Waals surface area contributed by atoms with Crippen LogP contribution < -0.4 is 10.1 Å². The van der Waals surface area contributed by atoms with E-state index in [1.807, 2.05) is 19.1 Å². The highest BCUT2D eigenvalue weighted by molar-refractivity contribution is 5.85. The van der Waals surface area contributed by atoms with Gasteiger partial charge >= 0.3 is 0 Å². The van der Waals surface area contributed by atoms with Gasteiger partial charge in [-0.25, -0.2) is 0 Å². The van der Waals surface area contributed by atoms with E-state index in [0.29, 0.717) is 18.6 Å². The fourth-order valence-electron chi connectivity index (χ4n) is 3.86. The number of nitrogens with zero attached hydrogens (tertiary/aromatic N) is 2. The minimum atomic E-state index is 0. The highest BCUT2D eigenvalue weighted by atomic mass is 35.5. The van der Waals surface area contributed by atoms with Crippen LogP contribution in [0.25, 0.3) is 0 Å². The molecule has 5 nitrogen and oxygen atoms in total. The highest BCUT2D eigenvalue weighted by Gasteiger charge is 2.30. The summed E-state index contributed by atoms with van der Waals surface area (Å²) in [7, 11) is 0. The molecule has 2 aliphatic rings. The van der Waals surface area contributed by atoms with Crippen LogP contribution in [0.5, 0.6) is 5.75 Å². The predicted octanol–water partition coefficient (Wildman–Crippen LogP) is 2.54. The van der Waals surface area contributed by atoms with E-state index in [2.05, 4.69) is 34.2 Å². The Labute approximate surface area is 163 Å². The van der Waals surface area contributed by atoms with Gasteiger partial charge in [-0.15, -0.1) is 12.4 Å². The number of piperidine rings is 1. The average Bonchev–Trinajstić information content (AvgIpc) is 2.64. The second-order valence-electron chi connectivity index (χ2n) is 7.25. The lowest BCUT2D eigenvalue weighted by molar-refractivity contribution is -0.138. The monoisotopic (exact) mass is 381 g/mol. The number of hydrogen-bond acceptors (Lipinski definition) is 4. The van der Waals surface area contributed by atoms with E-state index in [4.69, 9.17) is 4.74 Å². The quantitative estimate of drug-likeness (QED) is 0.851. The molecule has 1 aromatic carbocycles. The molecule has 0 bridgehead atoms. The van der Waals surface area contributed by atoms with Gasteiger partial charge in [0.25, 0.3) is 0 Å². The zero-order valence-corrected chi connectivity index (χ0v) is 16.8. The molecule has 146 valence electrons. The molecule has 0 aliphatic carbocycles. The Bertz CT molecular complexity index is 559. The van der Waals surface area contributed by atoms with Crippen molar-refractivity contribution in [3.63, 3.8) is 0 Å². The number of halogens is 1. The summed E-state index contributed by atoms with van der Waals surface area (Å²) in [5, 5.41) is 3.43. The summed E-state index contributed by atoms with van der Waals surface area (Å²) in [5.41, 5.74) is 1.30. The Morgan fingerprint density at radius 3 is 2.50 bits per heavy atom. The standard InChI is InChI=1S/C20H31N3O2.ClH/c1-3-25-19-6-4-17(5-7-19)15-22-10-12-23(13-11-22)20(24)18-8-9-21-16(2)14-18;/h4-7,16,18,21H,3,8-15H2,1-2H3;1H/t16-,18-;/m0./s1. The van der Waals surface area contributed by atoms with Crippen molar-refractivity contribution in [1.82, 2.24) is 15.1 Å². The topological polar surface area (TPSA) is 44.8 Å². The first-order valence-corrected chi connectivity index (χ1v) is 9.62. The lowest BCUT2D eigenvalue weighted by Gasteiger charge is -2.38. The molecule has 2 fully saturated rings. The molecular weight excluding hydrogens is 350 g/mol. The van der Waals surface area contributed by atoms with Crippen LogP contribution in [-0.2, 0) is 11.3 Å². The third kappa shape index (κ3) is 5.60. The Balaban J connectivity index is 0.00000243. The van der Waals surface area contributed by atoms with Gasteiger partial charge in [0.1, 0.15) is 5.75 Å². The van der Waals surface area contributed by atoms with Crippen molar-refractivity contribution in [2.45, 2.75) is 39.3 Å². The number of nitrogens with one attached hydrogen (secondary N) is 1. The van der Waals surface area contributed by atoms with Crippen molar-refractivity contribution in [2.75, 3.05) is 39.3 Å². The molecule has 2 aliphatic heterocycles. The summed E-state index contributed by atoms with van der Waals surface area (Å²) in [4.78, 5) is 17.2. The van der Waals surface area contributed by atoms with Gasteiger partial charge in [0.2, 0.25) is 5.91 Å². The van der Waals surface area contributed by atoms with Crippen LogP contribution in [0.2, 0.25) is 0 Å². The molecule has 1 amide bonds. The minimum Gasteiger partial charge on any atom is -0.494 e. The van der Waals surface area contributed by atoms with Gasteiger partial charge in [-0.2, -0.15) is 0 Å². The van der Waals surface area contributed by atoms with Crippen LogP contribution in [0, 0.1) is 5.92 Å². The van der Waals surface area contributed by atoms with E-state index in [1.165, 1.54) is 5.56 Å². The van der Waals surface area contributed by atoms with E-state index in [-0.39, 0.29) is 18.3 Å². The number of carbonyl (C=O) groups is 1. The van der Waals surface area contributed by atoms with Crippen molar-refractivity contribution in [3.05, 3.63) is 29.8 Å². The summed E-state index contributed by atoms with van der Waals surface area (Å²) >= 11 is 0. The van der Waals surface area contributed by atoms with Crippen LogP contribution in [0.15, 0.2) is 24.3 Å². The summed E-state index contributed by atoms with van der Waals surface area (Å²) < 4.78 is 5.49. The Morgan fingerprint density at radius 2 is 1.88 bits per heavy atom. The van der Waals surface area contributed by atoms with E-state index in [1.54, 1.807) is 0 Å². The van der Waals surface area contributed by atoms with Crippen molar-refractivity contribution >= 4 is 18.3 Å². The van der Waals surface area contributed by atoms with Crippen LogP contribution >= 0.6 is 12.4 Å². The third-order valence-corrected chi connectivity index (χ3v) is 5.30. The zero-order chi connectivity index (χ0) is 17.6. The number of carbonyl (C=O) groups excluding carboxylic acids is 1. The first-order valence-electron chi connectivity index (χ1n) is 9.62. The molecule has 3 rings (SSSR count). The second kappa shape index (κ2) is 10.1. The molecule has 0 spiro atoms. The van der Waals surface area contributed by atoms with Gasteiger partial charge in [0.05, 0.1) is 6.61 Å². The fourth-order valence-corrected chi connectivity index (χ4v) is 3.86. The average molecular weight is 382 g/mol. The van der Waals surface area contributed by atoms with Crippen molar-refractivity contribution in [2.24, 2.45) is 5.92 Å². The van der Waals surface area contributed by atoms with Crippen molar-refractivity contribution < 1.29 is 9.53 Å². The van der Waals surface area contributed by atoms with E-state index >= 15 is 0 Å². The number of benzene rings is 1. The molecule has 0 radical (unpaired) electrons. The van der Waals surface area contributed by atoms with E-state index < -0.39 is 0 Å². The lowest BCUT2D eigenvalue weighted by Crippen LogP contribution is -2.51. The van der Waals surface area contributed by atoms with Gasteiger partial charge < -0.3 is 15.0 Å². The van der Waals surface area contributed by atoms with Gasteiger partial charge in [0.15, 0.2) is 0 Å². The zero-order valence-electron chi connectivity index (χ0n) is 15.9. The number of amides is 1. The van der Waals surface area contributed by atoms with Crippen LogP contribution in [0.1, 0.15) is 32.3 Å². The summed E-state index contributed by atoms with van der Waals surface area (Å²) in [6.45, 7) is 10.4. The number of rotatable bonds is 5. The van der Waals surface area contributed by atoms with Crippen molar-refractivity contribution in [1.29, 1.82) is 0 Å². The Morgan fingerprint density at radius 1 is 1.19 bits per heavy atom. The van der Waals surface area contributed by atoms with Crippen LogP contribution in [0.4, 0.5) is 0 Å². The molecule has 6 heteroatoms. The second-order valence-corrected chi connectivity index (χ2v) is 7.25. The maximum Gasteiger partial charge on any atom is 0.225 e. The Hall–Kier alpha value is -1.30.